The number of hydrogen-bond acceptors (Lipinski definition) is 18. The number of phosphoric acid groups is 2. The quantitative estimate of drug-likeness (QED) is 0.118. The predicted octanol–water partition coefficient (Wildman–Crippen LogP) is 3.56. The third-order valence-electron chi connectivity index (χ3n) is 10.8. The molecule has 58 heavy (non-hydrogen) atoms. The van der Waals surface area contributed by atoms with Gasteiger partial charge >= 0.3 is 32.8 Å². The first-order chi connectivity index (χ1) is 27.1. The number of aromatic amines is 1. The molecule has 5 heterocycles. The minimum atomic E-state index is -5.20. The molecule has 0 amide bonds. The van der Waals surface area contributed by atoms with Crippen molar-refractivity contribution in [3.63, 3.8) is 0 Å². The summed E-state index contributed by atoms with van der Waals surface area (Å²) >= 11 is 0. The molecule has 2 aliphatic heterocycles. The summed E-state index contributed by atoms with van der Waals surface area (Å²) in [4.78, 5) is 69.9. The number of phosphoric ester groups is 2. The van der Waals surface area contributed by atoms with Crippen molar-refractivity contribution in [1.82, 2.24) is 34.5 Å². The Kier molecular flexibility index (Phi) is 13.2. The Hall–Kier alpha value is -2.62. The molecule has 27 heteroatoms. The van der Waals surface area contributed by atoms with Crippen molar-refractivity contribution in [3.05, 3.63) is 29.3 Å². The maximum atomic E-state index is 16.1. The monoisotopic (exact) mass is 895 g/mol. The van der Waals surface area contributed by atoms with Crippen molar-refractivity contribution in [3.8, 4) is 0 Å². The summed E-state index contributed by atoms with van der Waals surface area (Å²) in [6, 6.07) is -1.09. The van der Waals surface area contributed by atoms with Crippen LogP contribution in [0.2, 0.25) is 22.2 Å². The van der Waals surface area contributed by atoms with Gasteiger partial charge in [0.05, 0.1) is 25.6 Å². The van der Waals surface area contributed by atoms with E-state index in [1.807, 2.05) is 55.4 Å². The second-order valence-electron chi connectivity index (χ2n) is 15.9. The number of alkyl halides is 1. The largest absolute Gasteiger partial charge is 0.472 e. The second kappa shape index (κ2) is 17.0. The molecule has 2 unspecified atom stereocenters. The molecule has 0 radical (unpaired) electrons. The number of aromatic nitrogens is 7. The molecule has 2 saturated heterocycles. The van der Waals surface area contributed by atoms with E-state index in [2.05, 4.69) is 35.2 Å². The van der Waals surface area contributed by atoms with Gasteiger partial charge in [-0.25, -0.2) is 33.5 Å². The highest BCUT2D eigenvalue weighted by atomic mass is 31.2. The lowest BCUT2D eigenvalue weighted by atomic mass is 10.1. The van der Waals surface area contributed by atoms with Crippen LogP contribution in [0.15, 0.2) is 23.8 Å². The fraction of sp³-hybridized carbons (Fsp3) is 0.742. The van der Waals surface area contributed by atoms with Gasteiger partial charge in [-0.2, -0.15) is 4.98 Å². The van der Waals surface area contributed by atoms with Crippen LogP contribution >= 0.6 is 15.6 Å². The second-order valence-corrected chi connectivity index (χ2v) is 27.4. The molecule has 7 N–H and O–H groups in total. The van der Waals surface area contributed by atoms with E-state index in [-0.39, 0.29) is 51.6 Å². The smallest absolute Gasteiger partial charge is 0.414 e. The number of anilines is 2. The molecule has 3 aromatic rings. The van der Waals surface area contributed by atoms with Crippen LogP contribution < -0.4 is 16.6 Å². The standard InChI is InChI=1S/C31H52FN9O13P2Si2/c1-15(2)57(47,16(3)4)54-58(17(5)6,18(7)8)53-25-21-11-49-56(45,46)51-24-19(9-20(22(24)32)38-31-35-12-34-13-36-31)10-48-55(43,44)52-26(25)29(50-21)41-14-37-23-27(41)39-30(33)40-28(23)42/h12-22,24-26,29,47H,9-11H2,1-8H3,(H,43,44)(H,45,46)(H3,33,39,40,42)(H,34,35,36,38)/t19-,20-,21-,22+,24-,25-,26-,29-/m1/s1. The fourth-order valence-corrected chi connectivity index (χ4v) is 19.6. The lowest BCUT2D eigenvalue weighted by Gasteiger charge is -2.47. The number of nitrogens with two attached hydrogens (primary N) is 1. The van der Waals surface area contributed by atoms with Crippen LogP contribution in [-0.4, -0.2) is 116 Å². The molecular weight excluding hydrogens is 844 g/mol. The van der Waals surface area contributed by atoms with Crippen LogP contribution in [0.25, 0.3) is 11.2 Å². The zero-order chi connectivity index (χ0) is 42.5. The van der Waals surface area contributed by atoms with Crippen LogP contribution in [0.3, 0.4) is 0 Å². The Morgan fingerprint density at radius 2 is 1.57 bits per heavy atom. The van der Waals surface area contributed by atoms with Gasteiger partial charge in [0.25, 0.3) is 5.56 Å². The summed E-state index contributed by atoms with van der Waals surface area (Å²) in [6.45, 7) is 13.4. The van der Waals surface area contributed by atoms with Gasteiger partial charge in [0, 0.05) is 5.92 Å². The highest BCUT2D eigenvalue weighted by molar-refractivity contribution is 7.47. The van der Waals surface area contributed by atoms with E-state index in [9.17, 15) is 28.5 Å². The summed E-state index contributed by atoms with van der Waals surface area (Å²) in [5.41, 5.74) is 3.63. The molecule has 0 aromatic carbocycles. The molecule has 2 bridgehead atoms. The number of H-pyrrole nitrogens is 1. The Labute approximate surface area is 335 Å². The van der Waals surface area contributed by atoms with E-state index in [1.54, 1.807) is 0 Å². The first-order valence-corrected chi connectivity index (χ1v) is 25.9. The lowest BCUT2D eigenvalue weighted by molar-refractivity contribution is -0.0581. The molecule has 1 saturated carbocycles. The van der Waals surface area contributed by atoms with E-state index < -0.39 is 100 Å². The van der Waals surface area contributed by atoms with E-state index in [4.69, 9.17) is 37.1 Å². The molecule has 6 rings (SSSR count). The number of nitrogens with one attached hydrogen (secondary N) is 2. The predicted molar refractivity (Wildman–Crippen MR) is 208 cm³/mol. The maximum absolute atomic E-state index is 16.1. The Morgan fingerprint density at radius 1 is 0.966 bits per heavy atom. The third-order valence-corrected chi connectivity index (χ3v) is 22.5. The van der Waals surface area contributed by atoms with Crippen molar-refractivity contribution < 1.29 is 59.5 Å². The zero-order valence-electron chi connectivity index (χ0n) is 33.2. The molecule has 22 nitrogen and oxygen atoms in total. The number of halogens is 1. The summed E-state index contributed by atoms with van der Waals surface area (Å²) in [6.07, 6.45) is -6.24. The van der Waals surface area contributed by atoms with Gasteiger partial charge in [-0.1, -0.05) is 55.4 Å². The van der Waals surface area contributed by atoms with Crippen LogP contribution in [-0.2, 0) is 40.5 Å². The molecule has 3 aliphatic rings. The molecule has 1 aliphatic carbocycles. The average molecular weight is 896 g/mol. The summed E-state index contributed by atoms with van der Waals surface area (Å²) in [5, 5.41) is 2.79. The lowest BCUT2D eigenvalue weighted by Crippen LogP contribution is -2.62. The number of rotatable bonds is 11. The third kappa shape index (κ3) is 9.03. The van der Waals surface area contributed by atoms with Crippen LogP contribution in [0.5, 0.6) is 0 Å². The molecule has 3 aromatic heterocycles. The molecule has 0 spiro atoms. The van der Waals surface area contributed by atoms with Gasteiger partial charge < -0.3 is 38.9 Å². The van der Waals surface area contributed by atoms with Crippen molar-refractivity contribution in [1.29, 1.82) is 0 Å². The topological polar surface area (TPSA) is 300 Å². The van der Waals surface area contributed by atoms with Gasteiger partial charge in [-0.05, 0) is 28.6 Å². The minimum absolute atomic E-state index is 0.0160. The van der Waals surface area contributed by atoms with E-state index >= 15 is 4.39 Å². The summed E-state index contributed by atoms with van der Waals surface area (Å²) in [7, 11) is -17.7. The number of ether oxygens (including phenoxy) is 1. The SMILES string of the molecule is CC(C)[Si](O)(O[Si](O[C@H]1[C@H]2OP(=O)(O)OC[C@H]3C[C@@H](Nc4ncncn4)[C@H](F)[C@@H]3OP(=O)(O)OC[C@H]1O[C@H]2n1cnc2c(=O)[nH]c(N)nc21)(C(C)C)C(C)C)C(C)C. The molecule has 324 valence electrons. The zero-order valence-corrected chi connectivity index (χ0v) is 37.0. The van der Waals surface area contributed by atoms with Crippen molar-refractivity contribution in [2.45, 2.75) is 127 Å². The number of hydrogen-bond donors (Lipinski definition) is 6. The normalized spacial score (nSPS) is 32.8. The Bertz CT molecular complexity index is 2060. The van der Waals surface area contributed by atoms with E-state index in [0.29, 0.717) is 0 Å². The Morgan fingerprint density at radius 3 is 2.17 bits per heavy atom. The van der Waals surface area contributed by atoms with Crippen molar-refractivity contribution >= 4 is 55.8 Å². The van der Waals surface area contributed by atoms with Crippen LogP contribution in [0, 0.1) is 5.92 Å². The van der Waals surface area contributed by atoms with Crippen molar-refractivity contribution in [2.75, 3.05) is 24.3 Å². The minimum Gasteiger partial charge on any atom is -0.414 e. The summed E-state index contributed by atoms with van der Waals surface area (Å²) < 4.78 is 88.0. The van der Waals surface area contributed by atoms with E-state index in [1.165, 1.54) is 23.5 Å². The first kappa shape index (κ1) is 44.9. The Balaban J connectivity index is 1.44. The first-order valence-electron chi connectivity index (χ1n) is 18.9. The van der Waals surface area contributed by atoms with Crippen LogP contribution in [0.4, 0.5) is 16.3 Å². The van der Waals surface area contributed by atoms with E-state index in [0.717, 1.165) is 0 Å². The van der Waals surface area contributed by atoms with Crippen LogP contribution in [0.1, 0.15) is 68.0 Å². The number of imidazole rings is 1. The summed E-state index contributed by atoms with van der Waals surface area (Å²) in [5.74, 6) is -1.35. The van der Waals surface area contributed by atoms with Gasteiger partial charge in [-0.3, -0.25) is 32.4 Å². The van der Waals surface area contributed by atoms with Gasteiger partial charge in [-0.15, -0.1) is 0 Å². The van der Waals surface area contributed by atoms with Gasteiger partial charge in [0.2, 0.25) is 11.9 Å². The number of nitrogen functional groups attached to an aromatic ring is 1. The number of fused-ring (bicyclic) bond motifs is 4. The molecule has 3 fully saturated rings. The average Bonchev–Trinajstić information content (AvgIpc) is 3.79. The highest BCUT2D eigenvalue weighted by Gasteiger charge is 2.61. The van der Waals surface area contributed by atoms with Gasteiger partial charge in [0.1, 0.15) is 43.2 Å². The maximum Gasteiger partial charge on any atom is 0.472 e. The molecule has 10 atom stereocenters. The van der Waals surface area contributed by atoms with Crippen molar-refractivity contribution in [2.24, 2.45) is 5.92 Å². The van der Waals surface area contributed by atoms with Gasteiger partial charge in [0.15, 0.2) is 17.4 Å². The highest BCUT2D eigenvalue weighted by Crippen LogP contribution is 2.56. The fourth-order valence-electron chi connectivity index (χ4n) is 7.75. The number of nitrogens with zero attached hydrogens (tertiary/aromatic N) is 6. The molecular formula is C31H52FN9O13P2Si2.